The highest BCUT2D eigenvalue weighted by molar-refractivity contribution is 5.94. The molecule has 1 fully saturated rings. The molecule has 1 heterocycles. The number of rotatable bonds is 5. The molecule has 0 unspecified atom stereocenters. The van der Waals surface area contributed by atoms with Crippen LogP contribution in [0.15, 0.2) is 78.9 Å². The van der Waals surface area contributed by atoms with Gasteiger partial charge < -0.3 is 19.6 Å². The number of nitrogens with zero attached hydrogens (tertiary/aromatic N) is 3. The predicted octanol–water partition coefficient (Wildman–Crippen LogP) is 4.84. The SMILES string of the molecule is COc1ccc(N2CCN(c3ccc(N(C(=O)O)c4ccccc4)cc3)CC2)cc1. The minimum Gasteiger partial charge on any atom is -0.497 e. The molecular formula is C24H25N3O3. The van der Waals surface area contributed by atoms with Gasteiger partial charge in [0.1, 0.15) is 5.75 Å². The van der Waals surface area contributed by atoms with Gasteiger partial charge in [0.2, 0.25) is 0 Å². The van der Waals surface area contributed by atoms with E-state index in [0.29, 0.717) is 11.4 Å². The molecule has 1 aliphatic rings. The first kappa shape index (κ1) is 19.6. The summed E-state index contributed by atoms with van der Waals surface area (Å²) in [6.07, 6.45) is -0.998. The second-order valence-electron chi connectivity index (χ2n) is 7.14. The zero-order chi connectivity index (χ0) is 20.9. The van der Waals surface area contributed by atoms with Crippen molar-refractivity contribution in [2.45, 2.75) is 0 Å². The molecule has 1 amide bonds. The molecule has 3 aromatic rings. The molecule has 0 radical (unpaired) electrons. The first-order valence-corrected chi connectivity index (χ1v) is 9.98. The molecule has 1 N–H and O–H groups in total. The predicted molar refractivity (Wildman–Crippen MR) is 120 cm³/mol. The summed E-state index contributed by atoms with van der Waals surface area (Å²) >= 11 is 0. The van der Waals surface area contributed by atoms with E-state index in [4.69, 9.17) is 4.74 Å². The molecule has 4 rings (SSSR count). The van der Waals surface area contributed by atoms with E-state index in [2.05, 4.69) is 21.9 Å². The van der Waals surface area contributed by atoms with Gasteiger partial charge in [-0.3, -0.25) is 0 Å². The fourth-order valence-electron chi connectivity index (χ4n) is 3.78. The second kappa shape index (κ2) is 8.78. The summed E-state index contributed by atoms with van der Waals surface area (Å²) in [5.41, 5.74) is 3.57. The maximum atomic E-state index is 11.8. The van der Waals surface area contributed by atoms with Crippen molar-refractivity contribution in [3.05, 3.63) is 78.9 Å². The Morgan fingerprint density at radius 3 is 1.70 bits per heavy atom. The third-order valence-electron chi connectivity index (χ3n) is 5.40. The number of ether oxygens (including phenoxy) is 1. The Kier molecular flexibility index (Phi) is 5.75. The van der Waals surface area contributed by atoms with Crippen molar-refractivity contribution < 1.29 is 14.6 Å². The molecule has 30 heavy (non-hydrogen) atoms. The van der Waals surface area contributed by atoms with Gasteiger partial charge in [0, 0.05) is 37.6 Å². The van der Waals surface area contributed by atoms with E-state index in [0.717, 1.165) is 37.6 Å². The summed E-state index contributed by atoms with van der Waals surface area (Å²) < 4.78 is 5.23. The van der Waals surface area contributed by atoms with Crippen molar-refractivity contribution in [3.63, 3.8) is 0 Å². The summed E-state index contributed by atoms with van der Waals surface area (Å²) in [5.74, 6) is 0.864. The van der Waals surface area contributed by atoms with Gasteiger partial charge in [-0.1, -0.05) is 18.2 Å². The lowest BCUT2D eigenvalue weighted by atomic mass is 10.2. The van der Waals surface area contributed by atoms with E-state index in [1.54, 1.807) is 19.2 Å². The summed E-state index contributed by atoms with van der Waals surface area (Å²) in [6.45, 7) is 3.68. The highest BCUT2D eigenvalue weighted by Crippen LogP contribution is 2.28. The minimum atomic E-state index is -0.998. The highest BCUT2D eigenvalue weighted by Gasteiger charge is 2.20. The third-order valence-corrected chi connectivity index (χ3v) is 5.40. The summed E-state index contributed by atoms with van der Waals surface area (Å²) in [6, 6.07) is 25.0. The molecule has 3 aromatic carbocycles. The van der Waals surface area contributed by atoms with Crippen LogP contribution in [-0.2, 0) is 0 Å². The zero-order valence-corrected chi connectivity index (χ0v) is 16.9. The van der Waals surface area contributed by atoms with Gasteiger partial charge in [-0.2, -0.15) is 0 Å². The molecular weight excluding hydrogens is 378 g/mol. The van der Waals surface area contributed by atoms with Crippen LogP contribution in [0.5, 0.6) is 5.75 Å². The summed E-state index contributed by atoms with van der Waals surface area (Å²) in [4.78, 5) is 17.8. The lowest BCUT2D eigenvalue weighted by Gasteiger charge is -2.37. The number of benzene rings is 3. The van der Waals surface area contributed by atoms with Crippen molar-refractivity contribution >= 4 is 28.8 Å². The number of amides is 1. The van der Waals surface area contributed by atoms with E-state index < -0.39 is 6.09 Å². The lowest BCUT2D eigenvalue weighted by Crippen LogP contribution is -2.46. The van der Waals surface area contributed by atoms with Crippen LogP contribution in [0, 0.1) is 0 Å². The first-order chi connectivity index (χ1) is 14.7. The van der Waals surface area contributed by atoms with Crippen LogP contribution in [0.4, 0.5) is 27.5 Å². The van der Waals surface area contributed by atoms with Crippen LogP contribution in [0.25, 0.3) is 0 Å². The topological polar surface area (TPSA) is 56.2 Å². The van der Waals surface area contributed by atoms with Crippen LogP contribution >= 0.6 is 0 Å². The number of hydrogen-bond donors (Lipinski definition) is 1. The highest BCUT2D eigenvalue weighted by atomic mass is 16.5. The van der Waals surface area contributed by atoms with Crippen LogP contribution in [-0.4, -0.2) is 44.5 Å². The van der Waals surface area contributed by atoms with Gasteiger partial charge in [-0.05, 0) is 60.7 Å². The Morgan fingerprint density at radius 2 is 1.23 bits per heavy atom. The van der Waals surface area contributed by atoms with Gasteiger partial charge in [-0.25, -0.2) is 9.69 Å². The monoisotopic (exact) mass is 403 g/mol. The molecule has 1 aliphatic heterocycles. The lowest BCUT2D eigenvalue weighted by molar-refractivity contribution is 0.205. The molecule has 6 heteroatoms. The van der Waals surface area contributed by atoms with E-state index in [-0.39, 0.29) is 0 Å². The van der Waals surface area contributed by atoms with Crippen LogP contribution < -0.4 is 19.4 Å². The quantitative estimate of drug-likeness (QED) is 0.661. The van der Waals surface area contributed by atoms with Crippen molar-refractivity contribution in [1.82, 2.24) is 0 Å². The Hall–Kier alpha value is -3.67. The number of hydrogen-bond acceptors (Lipinski definition) is 4. The molecule has 0 saturated carbocycles. The van der Waals surface area contributed by atoms with Gasteiger partial charge in [0.15, 0.2) is 0 Å². The number of piperazine rings is 1. The third kappa shape index (κ3) is 4.17. The van der Waals surface area contributed by atoms with Gasteiger partial charge >= 0.3 is 6.09 Å². The fourth-order valence-corrected chi connectivity index (χ4v) is 3.78. The molecule has 0 aromatic heterocycles. The number of anilines is 4. The van der Waals surface area contributed by atoms with Crippen molar-refractivity contribution in [2.24, 2.45) is 0 Å². The Bertz CT molecular complexity index is 967. The van der Waals surface area contributed by atoms with Gasteiger partial charge in [-0.15, -0.1) is 0 Å². The molecule has 154 valence electrons. The maximum Gasteiger partial charge on any atom is 0.416 e. The number of para-hydroxylation sites is 1. The average Bonchev–Trinajstić information content (AvgIpc) is 2.80. The van der Waals surface area contributed by atoms with Crippen molar-refractivity contribution in [3.8, 4) is 5.75 Å². The number of methoxy groups -OCH3 is 1. The molecule has 0 bridgehead atoms. The molecule has 6 nitrogen and oxygen atoms in total. The summed E-state index contributed by atoms with van der Waals surface area (Å²) in [5, 5.41) is 9.67. The zero-order valence-electron chi connectivity index (χ0n) is 16.9. The van der Waals surface area contributed by atoms with E-state index in [1.807, 2.05) is 54.6 Å². The van der Waals surface area contributed by atoms with Crippen molar-refractivity contribution in [2.75, 3.05) is 48.0 Å². The molecule has 0 atom stereocenters. The van der Waals surface area contributed by atoms with Crippen molar-refractivity contribution in [1.29, 1.82) is 0 Å². The molecule has 0 aliphatic carbocycles. The Morgan fingerprint density at radius 1 is 0.767 bits per heavy atom. The van der Waals surface area contributed by atoms with E-state index in [9.17, 15) is 9.90 Å². The van der Waals surface area contributed by atoms with E-state index in [1.165, 1.54) is 10.6 Å². The van der Waals surface area contributed by atoms with E-state index >= 15 is 0 Å². The number of carbonyl (C=O) groups is 1. The average molecular weight is 403 g/mol. The maximum absolute atomic E-state index is 11.8. The fraction of sp³-hybridized carbons (Fsp3) is 0.208. The number of carboxylic acid groups (broad SMARTS) is 1. The summed E-state index contributed by atoms with van der Waals surface area (Å²) in [7, 11) is 1.68. The molecule has 1 saturated heterocycles. The molecule has 0 spiro atoms. The Labute approximate surface area is 176 Å². The smallest absolute Gasteiger partial charge is 0.416 e. The largest absolute Gasteiger partial charge is 0.497 e. The first-order valence-electron chi connectivity index (χ1n) is 9.98. The van der Waals surface area contributed by atoms with Gasteiger partial charge in [0.05, 0.1) is 18.5 Å². The van der Waals surface area contributed by atoms with Crippen LogP contribution in [0.1, 0.15) is 0 Å². The van der Waals surface area contributed by atoms with Crippen LogP contribution in [0.3, 0.4) is 0 Å². The minimum absolute atomic E-state index is 0.630. The standard InChI is InChI=1S/C24H25N3O3/c1-30-23-13-11-20(12-14-23)26-17-15-25(16-18-26)19-7-9-22(10-8-19)27(24(28)29)21-5-3-2-4-6-21/h2-14H,15-18H2,1H3,(H,28,29). The van der Waals surface area contributed by atoms with Crippen LogP contribution in [0.2, 0.25) is 0 Å². The second-order valence-corrected chi connectivity index (χ2v) is 7.14. The Balaban J connectivity index is 1.43. The normalized spacial score (nSPS) is 13.8. The van der Waals surface area contributed by atoms with Gasteiger partial charge in [0.25, 0.3) is 0 Å².